The zero-order chi connectivity index (χ0) is 20.9. The first-order valence-corrected chi connectivity index (χ1v) is 8.46. The molecule has 0 unspecified atom stereocenters. The lowest BCUT2D eigenvalue weighted by atomic mass is 10.0. The van der Waals surface area contributed by atoms with Crippen LogP contribution in [0, 0.1) is 0 Å². The van der Waals surface area contributed by atoms with Crippen LogP contribution in [0.5, 0.6) is 0 Å². The molecule has 1 aromatic carbocycles. The average Bonchev–Trinajstić information content (AvgIpc) is 3.02. The summed E-state index contributed by atoms with van der Waals surface area (Å²) in [6.45, 7) is 10.5. The van der Waals surface area contributed by atoms with E-state index in [1.54, 1.807) is 24.3 Å². The molecule has 0 amide bonds. The van der Waals surface area contributed by atoms with Crippen LogP contribution in [-0.4, -0.2) is 29.3 Å². The largest absolute Gasteiger partial charge is 0.433 e. The number of halogens is 4. The van der Waals surface area contributed by atoms with Crippen molar-refractivity contribution in [2.75, 3.05) is 7.05 Å². The third-order valence-electron chi connectivity index (χ3n) is 3.91. The smallest absolute Gasteiger partial charge is 0.286 e. The molecule has 2 aromatic rings. The summed E-state index contributed by atoms with van der Waals surface area (Å²) in [5.41, 5.74) is 0.00340. The van der Waals surface area contributed by atoms with E-state index in [0.29, 0.717) is 10.6 Å². The van der Waals surface area contributed by atoms with Gasteiger partial charge >= 0.3 is 6.18 Å². The molecule has 28 heavy (non-hydrogen) atoms. The zero-order valence-corrected chi connectivity index (χ0v) is 15.9. The number of aromatic nitrogens is 2. The highest BCUT2D eigenvalue weighted by atomic mass is 35.5. The predicted molar refractivity (Wildman–Crippen MR) is 109 cm³/mol. The van der Waals surface area contributed by atoms with Crippen LogP contribution in [0.1, 0.15) is 22.5 Å². The van der Waals surface area contributed by atoms with Gasteiger partial charge in [0.2, 0.25) is 0 Å². The molecule has 0 bridgehead atoms. The highest BCUT2D eigenvalue weighted by Gasteiger charge is 2.40. The van der Waals surface area contributed by atoms with Crippen LogP contribution in [-0.2, 0) is 12.6 Å². The van der Waals surface area contributed by atoms with E-state index in [9.17, 15) is 13.2 Å². The van der Waals surface area contributed by atoms with Crippen molar-refractivity contribution in [2.24, 2.45) is 9.98 Å². The normalized spacial score (nSPS) is 12.8. The Bertz CT molecular complexity index is 951. The summed E-state index contributed by atoms with van der Waals surface area (Å²) in [5.74, 6) is 0. The topological polar surface area (TPSA) is 42.5 Å². The first-order chi connectivity index (χ1) is 13.3. The van der Waals surface area contributed by atoms with Crippen molar-refractivity contribution in [1.82, 2.24) is 9.78 Å². The molecule has 0 N–H and O–H groups in total. The summed E-state index contributed by atoms with van der Waals surface area (Å²) in [7, 11) is 1.44. The lowest BCUT2D eigenvalue weighted by molar-refractivity contribution is -0.143. The van der Waals surface area contributed by atoms with E-state index in [1.807, 2.05) is 0 Å². The number of rotatable bonds is 7. The van der Waals surface area contributed by atoms with Crippen LogP contribution < -0.4 is 0 Å². The average molecular weight is 407 g/mol. The zero-order valence-electron chi connectivity index (χ0n) is 15.2. The van der Waals surface area contributed by atoms with Crippen molar-refractivity contribution in [2.45, 2.75) is 12.6 Å². The van der Waals surface area contributed by atoms with Crippen LogP contribution in [0.3, 0.4) is 0 Å². The molecule has 2 rings (SSSR count). The maximum Gasteiger partial charge on any atom is 0.433 e. The maximum absolute atomic E-state index is 14.0. The number of benzene rings is 1. The molecule has 0 radical (unpaired) electrons. The molecule has 4 nitrogen and oxygen atoms in total. The molecular weight excluding hydrogens is 389 g/mol. The van der Waals surface area contributed by atoms with Gasteiger partial charge in [0.1, 0.15) is 5.70 Å². The molecule has 0 saturated heterocycles. The number of hydrogen-bond donors (Lipinski definition) is 0. The van der Waals surface area contributed by atoms with Gasteiger partial charge in [0.15, 0.2) is 5.69 Å². The number of hydrogen-bond acceptors (Lipinski definition) is 3. The molecule has 0 spiro atoms. The minimum atomic E-state index is -4.68. The summed E-state index contributed by atoms with van der Waals surface area (Å²) < 4.78 is 42.9. The summed E-state index contributed by atoms with van der Waals surface area (Å²) >= 11 is 5.87. The van der Waals surface area contributed by atoms with Crippen molar-refractivity contribution in [3.63, 3.8) is 0 Å². The van der Waals surface area contributed by atoms with Crippen molar-refractivity contribution >= 4 is 35.8 Å². The Kier molecular flexibility index (Phi) is 6.75. The van der Waals surface area contributed by atoms with E-state index in [4.69, 9.17) is 11.6 Å². The Morgan fingerprint density at radius 1 is 1.25 bits per heavy atom. The van der Waals surface area contributed by atoms with Crippen LogP contribution in [0.2, 0.25) is 5.02 Å². The Morgan fingerprint density at radius 3 is 2.36 bits per heavy atom. The summed E-state index contributed by atoms with van der Waals surface area (Å²) in [4.78, 5) is 7.56. The van der Waals surface area contributed by atoms with Crippen molar-refractivity contribution < 1.29 is 13.2 Å². The Hall–Kier alpha value is -2.93. The first kappa shape index (κ1) is 21.4. The van der Waals surface area contributed by atoms with Crippen LogP contribution in [0.25, 0.3) is 11.8 Å². The number of allylic oxidation sites excluding steroid dienone is 2. The summed E-state index contributed by atoms with van der Waals surface area (Å²) in [6.07, 6.45) is -0.922. The van der Waals surface area contributed by atoms with Gasteiger partial charge in [-0.05, 0) is 36.6 Å². The van der Waals surface area contributed by atoms with E-state index in [2.05, 4.69) is 35.0 Å². The fourth-order valence-corrected chi connectivity index (χ4v) is 2.83. The van der Waals surface area contributed by atoms with Crippen molar-refractivity contribution in [1.29, 1.82) is 0 Å². The Labute approximate surface area is 166 Å². The van der Waals surface area contributed by atoms with Crippen LogP contribution >= 0.6 is 11.6 Å². The lowest BCUT2D eigenvalue weighted by Gasteiger charge is -2.15. The molecular formula is C20H18ClF3N4. The predicted octanol–water partition coefficient (Wildman–Crippen LogP) is 5.54. The maximum atomic E-state index is 14.0. The van der Waals surface area contributed by atoms with Gasteiger partial charge in [-0.1, -0.05) is 36.9 Å². The minimum Gasteiger partial charge on any atom is -0.286 e. The standard InChI is InChI=1S/C20H18ClF3N4/c1-5-16-15(11-13-7-9-14(21)10-8-13)19(20(22,23)24)28(27-16)18(12-25-3)17(6-2)26-4/h5-10,12H,1-3,11H2,4H3/b18-12+,26-17-. The first-order valence-electron chi connectivity index (χ1n) is 8.08. The van der Waals surface area contributed by atoms with Crippen LogP contribution in [0.4, 0.5) is 13.2 Å². The van der Waals surface area contributed by atoms with Gasteiger partial charge in [-0.2, -0.15) is 18.3 Å². The monoisotopic (exact) mass is 406 g/mol. The minimum absolute atomic E-state index is 0.00489. The van der Waals surface area contributed by atoms with Gasteiger partial charge < -0.3 is 0 Å². The SMILES string of the molecule is C=CC(=N/C)/C(=C\N=C)n1nc(C=C)c(Cc2ccc(Cl)cc2)c1C(F)(F)F. The van der Waals surface area contributed by atoms with Gasteiger partial charge in [-0.3, -0.25) is 9.98 Å². The van der Waals surface area contributed by atoms with E-state index in [-0.39, 0.29) is 29.1 Å². The third-order valence-corrected chi connectivity index (χ3v) is 4.16. The summed E-state index contributed by atoms with van der Waals surface area (Å²) in [5, 5.41) is 4.61. The van der Waals surface area contributed by atoms with Crippen molar-refractivity contribution in [3.8, 4) is 0 Å². The number of aliphatic imine (C=N–C) groups is 2. The van der Waals surface area contributed by atoms with Gasteiger partial charge in [0.05, 0.1) is 17.6 Å². The molecule has 0 atom stereocenters. The second-order valence-electron chi connectivity index (χ2n) is 5.64. The molecule has 0 aliphatic rings. The molecule has 0 saturated carbocycles. The van der Waals surface area contributed by atoms with E-state index < -0.39 is 11.9 Å². The molecule has 0 aliphatic carbocycles. The van der Waals surface area contributed by atoms with Crippen LogP contribution in [0.15, 0.2) is 59.7 Å². The quantitative estimate of drug-likeness (QED) is 0.556. The number of nitrogens with zero attached hydrogens (tertiary/aromatic N) is 4. The Balaban J connectivity index is 2.77. The highest BCUT2D eigenvalue weighted by Crippen LogP contribution is 2.37. The molecule has 0 fully saturated rings. The molecule has 8 heteroatoms. The highest BCUT2D eigenvalue weighted by molar-refractivity contribution is 6.30. The number of alkyl halides is 3. The van der Waals surface area contributed by atoms with Gasteiger partial charge in [0.25, 0.3) is 0 Å². The van der Waals surface area contributed by atoms with E-state index in [0.717, 1.165) is 10.9 Å². The van der Waals surface area contributed by atoms with E-state index in [1.165, 1.54) is 19.2 Å². The fraction of sp³-hybridized carbons (Fsp3) is 0.150. The van der Waals surface area contributed by atoms with Gasteiger partial charge in [0, 0.05) is 24.1 Å². The third kappa shape index (κ3) is 4.48. The lowest BCUT2D eigenvalue weighted by Crippen LogP contribution is -2.19. The molecule has 1 aromatic heterocycles. The Morgan fingerprint density at radius 2 is 1.89 bits per heavy atom. The van der Waals surface area contributed by atoms with E-state index >= 15 is 0 Å². The summed E-state index contributed by atoms with van der Waals surface area (Å²) in [6, 6.07) is 6.57. The molecule has 0 aliphatic heterocycles. The molecule has 146 valence electrons. The second kappa shape index (κ2) is 8.84. The molecule has 1 heterocycles. The van der Waals surface area contributed by atoms with Gasteiger partial charge in [-0.25, -0.2) is 4.68 Å². The second-order valence-corrected chi connectivity index (χ2v) is 6.08. The van der Waals surface area contributed by atoms with Gasteiger partial charge in [-0.15, -0.1) is 0 Å². The van der Waals surface area contributed by atoms with Crippen molar-refractivity contribution in [3.05, 3.63) is 77.2 Å². The fourth-order valence-electron chi connectivity index (χ4n) is 2.70.